The zero-order chi connectivity index (χ0) is 59.8. The maximum absolute atomic E-state index is 13.2. The van der Waals surface area contributed by atoms with Crippen molar-refractivity contribution in [2.75, 3.05) is 20.8 Å². The van der Waals surface area contributed by atoms with E-state index in [1.165, 1.54) is 9.36 Å². The zero-order valence-corrected chi connectivity index (χ0v) is 48.3. The fourth-order valence-electron chi connectivity index (χ4n) is 9.42. The minimum Gasteiger partial charge on any atom is -0.493 e. The van der Waals surface area contributed by atoms with E-state index in [1.54, 1.807) is 50.9 Å². The summed E-state index contributed by atoms with van der Waals surface area (Å²) >= 11 is 0. The van der Waals surface area contributed by atoms with Crippen molar-refractivity contribution in [2.24, 2.45) is 0 Å². The van der Waals surface area contributed by atoms with Crippen LogP contribution in [0.15, 0.2) is 200 Å². The molecule has 1 aliphatic rings. The van der Waals surface area contributed by atoms with Crippen LogP contribution in [0.4, 0.5) is 0 Å². The second-order valence-electron chi connectivity index (χ2n) is 20.3. The zero-order valence-electron chi connectivity index (χ0n) is 48.3. The van der Waals surface area contributed by atoms with Gasteiger partial charge < -0.3 is 56.8 Å². The predicted molar refractivity (Wildman–Crippen MR) is 315 cm³/mol. The molecule has 450 valence electrons. The molecule has 0 bridgehead atoms. The van der Waals surface area contributed by atoms with Crippen molar-refractivity contribution in [2.45, 2.75) is 103 Å². The number of methoxy groups -OCH3 is 2. The normalized spacial score (nSPS) is 16.4. The van der Waals surface area contributed by atoms with Gasteiger partial charge in [-0.3, -0.25) is 9.59 Å². The number of esters is 2. The van der Waals surface area contributed by atoms with Gasteiger partial charge in [0.25, 0.3) is 0 Å². The van der Waals surface area contributed by atoms with Gasteiger partial charge in [-0.2, -0.15) is 0 Å². The summed E-state index contributed by atoms with van der Waals surface area (Å²) in [6.07, 6.45) is -1.06. The highest BCUT2D eigenvalue weighted by Gasteiger charge is 2.49. The molecule has 0 amide bonds. The van der Waals surface area contributed by atoms with Gasteiger partial charge in [-0.15, -0.1) is 10.2 Å². The Kier molecular flexibility index (Phi) is 22.2. The van der Waals surface area contributed by atoms with E-state index in [0.717, 1.165) is 33.4 Å². The highest BCUT2D eigenvalue weighted by atomic mass is 16.7. The first-order valence-electron chi connectivity index (χ1n) is 28.4. The van der Waals surface area contributed by atoms with Crippen LogP contribution in [-0.2, 0) is 120 Å². The average molecular weight is 1180 g/mol. The molecular weight excluding hydrogens is 1110 g/mol. The molecule has 7 aromatic carbocycles. The van der Waals surface area contributed by atoms with E-state index in [1.807, 2.05) is 164 Å². The number of rotatable bonds is 32. The largest absolute Gasteiger partial charge is 0.493 e. The lowest BCUT2D eigenvalue weighted by Gasteiger charge is -2.45. The number of carbonyl (C=O) groups excluding carboxylic acids is 2. The van der Waals surface area contributed by atoms with Crippen LogP contribution in [0, 0.1) is 0 Å². The van der Waals surface area contributed by atoms with Crippen LogP contribution < -0.4 is 18.9 Å². The Labute approximate surface area is 504 Å². The standard InChI is InChI=1S/C67H68N6O14/c1-76-59-32-53(28-30-57(59)79-38-48-18-8-3-9-19-48)43-81-62(74)36-72-34-55(68-70-72)45-78-47-61-64(83-40-50-22-12-5-13-23-50)65(84-41-51-24-14-6-15-25-51)66(85-42-52-26-16-7-17-27-52)67(87-61)86-46-56-35-73(71-69-56)37-63(75)82-44-54-29-31-58(60(33-54)77-2)80-39-49-20-10-4-11-21-49/h3-35,61,64-67H,36-47H2,1-2H3/t61-,64-,65+,66-,67+/m1/s1. The van der Waals surface area contributed by atoms with E-state index in [-0.39, 0.29) is 65.9 Å². The molecule has 1 fully saturated rings. The highest BCUT2D eigenvalue weighted by Crippen LogP contribution is 2.34. The van der Waals surface area contributed by atoms with Gasteiger partial charge in [0.05, 0.1) is 66.3 Å². The fourth-order valence-corrected chi connectivity index (χ4v) is 9.42. The minimum absolute atomic E-state index is 0.00393. The summed E-state index contributed by atoms with van der Waals surface area (Å²) < 4.78 is 77.5. The van der Waals surface area contributed by atoms with Crippen molar-refractivity contribution in [3.8, 4) is 23.0 Å². The van der Waals surface area contributed by atoms with E-state index in [4.69, 9.17) is 56.8 Å². The van der Waals surface area contributed by atoms with Crippen LogP contribution in [0.2, 0.25) is 0 Å². The summed E-state index contributed by atoms with van der Waals surface area (Å²) in [6.45, 7) is 0.873. The van der Waals surface area contributed by atoms with E-state index in [9.17, 15) is 9.59 Å². The molecule has 3 heterocycles. The maximum atomic E-state index is 13.2. The summed E-state index contributed by atoms with van der Waals surface area (Å²) in [5.74, 6) is 1.12. The van der Waals surface area contributed by atoms with Gasteiger partial charge in [-0.05, 0) is 63.2 Å². The van der Waals surface area contributed by atoms with Crippen LogP contribution in [-0.4, -0.2) is 93.5 Å². The fraction of sp³-hybridized carbons (Fsp3) is 0.284. The van der Waals surface area contributed by atoms with Gasteiger partial charge in [0.1, 0.15) is 75.3 Å². The lowest BCUT2D eigenvalue weighted by Crippen LogP contribution is -2.61. The van der Waals surface area contributed by atoms with Gasteiger partial charge >= 0.3 is 11.9 Å². The van der Waals surface area contributed by atoms with Crippen molar-refractivity contribution in [3.63, 3.8) is 0 Å². The third-order valence-electron chi connectivity index (χ3n) is 13.9. The minimum atomic E-state index is -1.07. The molecule has 20 nitrogen and oxygen atoms in total. The first-order valence-corrected chi connectivity index (χ1v) is 28.4. The number of ether oxygens (including phenoxy) is 12. The van der Waals surface area contributed by atoms with Gasteiger partial charge in [-0.25, -0.2) is 9.36 Å². The Morgan fingerprint density at radius 2 is 0.816 bits per heavy atom. The molecule has 2 aromatic heterocycles. The molecular formula is C67H68N6O14. The summed E-state index contributed by atoms with van der Waals surface area (Å²) in [5.41, 5.74) is 7.12. The quantitative estimate of drug-likeness (QED) is 0.0360. The van der Waals surface area contributed by atoms with E-state index in [0.29, 0.717) is 53.2 Å². The highest BCUT2D eigenvalue weighted by molar-refractivity contribution is 5.69. The maximum Gasteiger partial charge on any atom is 0.328 e. The summed E-state index contributed by atoms with van der Waals surface area (Å²) in [5, 5.41) is 17.0. The summed E-state index contributed by atoms with van der Waals surface area (Å²) in [7, 11) is 3.12. The topological polar surface area (TPSA) is 206 Å². The van der Waals surface area contributed by atoms with Crippen molar-refractivity contribution >= 4 is 11.9 Å². The summed E-state index contributed by atoms with van der Waals surface area (Å²) in [4.78, 5) is 26.3. The second kappa shape index (κ2) is 31.7. The molecule has 1 aliphatic heterocycles. The summed E-state index contributed by atoms with van der Waals surface area (Å²) in [6, 6.07) is 59.8. The van der Waals surface area contributed by atoms with Crippen LogP contribution in [0.5, 0.6) is 23.0 Å². The van der Waals surface area contributed by atoms with E-state index in [2.05, 4.69) is 20.6 Å². The molecule has 0 N–H and O–H groups in total. The number of benzene rings is 7. The molecule has 0 aliphatic carbocycles. The molecule has 0 unspecified atom stereocenters. The Balaban J connectivity index is 0.797. The molecule has 0 saturated carbocycles. The molecule has 0 radical (unpaired) electrons. The van der Waals surface area contributed by atoms with Gasteiger partial charge in [-0.1, -0.05) is 174 Å². The smallest absolute Gasteiger partial charge is 0.328 e. The van der Waals surface area contributed by atoms with Crippen LogP contribution >= 0.6 is 0 Å². The first-order chi connectivity index (χ1) is 42.8. The predicted octanol–water partition coefficient (Wildman–Crippen LogP) is 9.75. The molecule has 20 heteroatoms. The van der Waals surface area contributed by atoms with Crippen molar-refractivity contribution in [3.05, 3.63) is 251 Å². The van der Waals surface area contributed by atoms with Crippen molar-refractivity contribution < 1.29 is 66.4 Å². The lowest BCUT2D eigenvalue weighted by atomic mass is 9.97. The molecule has 87 heavy (non-hydrogen) atoms. The average Bonchev–Trinajstić information content (AvgIpc) is 2.65. The number of carbonyl (C=O) groups is 2. The molecule has 5 atom stereocenters. The second-order valence-corrected chi connectivity index (χ2v) is 20.3. The van der Waals surface area contributed by atoms with Crippen LogP contribution in [0.25, 0.3) is 0 Å². The molecule has 10 rings (SSSR count). The molecule has 9 aromatic rings. The van der Waals surface area contributed by atoms with Gasteiger partial charge in [0, 0.05) is 0 Å². The van der Waals surface area contributed by atoms with Gasteiger partial charge in [0.2, 0.25) is 0 Å². The number of aromatic nitrogens is 6. The Morgan fingerprint density at radius 3 is 1.25 bits per heavy atom. The van der Waals surface area contributed by atoms with Crippen molar-refractivity contribution in [1.29, 1.82) is 0 Å². The van der Waals surface area contributed by atoms with Crippen LogP contribution in [0.1, 0.15) is 50.3 Å². The van der Waals surface area contributed by atoms with Gasteiger partial charge in [0.15, 0.2) is 29.3 Å². The third kappa shape index (κ3) is 18.4. The van der Waals surface area contributed by atoms with Crippen molar-refractivity contribution in [1.82, 2.24) is 30.0 Å². The number of hydrogen-bond acceptors (Lipinski definition) is 18. The monoisotopic (exact) mass is 1180 g/mol. The Hall–Kier alpha value is -9.28. The third-order valence-corrected chi connectivity index (χ3v) is 13.9. The van der Waals surface area contributed by atoms with E-state index >= 15 is 0 Å². The molecule has 0 spiro atoms. The van der Waals surface area contributed by atoms with Crippen LogP contribution in [0.3, 0.4) is 0 Å². The SMILES string of the molecule is COc1cc(COC(=O)Cn2cc(COC[C@H]3O[C@H](OCc4cn(CC(=O)OCc5ccc(OCc6ccccc6)c(OC)c5)nn4)[C@H](OCc4ccccc4)[C@@H](OCc4ccccc4)[C@@H]3OCc3ccccc3)nn2)ccc1OCc1ccccc1. The first kappa shape index (κ1) is 60.8. The molecule has 1 saturated heterocycles. The Morgan fingerprint density at radius 1 is 0.414 bits per heavy atom. The number of nitrogens with zero attached hydrogens (tertiary/aromatic N) is 6. The van der Waals surface area contributed by atoms with E-state index < -0.39 is 42.6 Å². The number of hydrogen-bond donors (Lipinski definition) is 0. The Bertz CT molecular complexity index is 3530. The lowest BCUT2D eigenvalue weighted by molar-refractivity contribution is -0.331.